The summed E-state index contributed by atoms with van der Waals surface area (Å²) in [5.41, 5.74) is 4.99. The number of benzene rings is 3. The van der Waals surface area contributed by atoms with Crippen molar-refractivity contribution in [1.29, 1.82) is 0 Å². The molecule has 1 fully saturated rings. The molecule has 12 nitrogen and oxygen atoms in total. The number of amides is 2. The molecule has 2 aliphatic heterocycles. The van der Waals surface area contributed by atoms with Gasteiger partial charge in [-0.15, -0.1) is 0 Å². The fraction of sp³-hybridized carbons (Fsp3) is 0.355. The third kappa shape index (κ3) is 6.44. The number of hydroxylamine groups is 1. The first-order chi connectivity index (χ1) is 21.1. The summed E-state index contributed by atoms with van der Waals surface area (Å²) in [6, 6.07) is 12.7. The Balaban J connectivity index is 1.39. The number of hydrogen-bond acceptors (Lipinski definition) is 9. The monoisotopic (exact) mass is 624 g/mol. The maximum atomic E-state index is 13.8. The van der Waals surface area contributed by atoms with Crippen molar-refractivity contribution in [3.05, 3.63) is 76.3 Å². The van der Waals surface area contributed by atoms with E-state index in [-0.39, 0.29) is 11.7 Å². The molecule has 5 rings (SSSR count). The van der Waals surface area contributed by atoms with Crippen molar-refractivity contribution in [3.63, 3.8) is 0 Å². The standard InChI is InChI=1S/C31H36N4O8S/c1-19-14-27(41-3)23(15-21-10-11-26-28(16-21)43-18-42-26)20(2)29(19)44(39,40)34-24(31(37)33-38)17-32-30(36)22-8-4-5-9-25(22)35-12-6-7-13-35/h4-5,8-11,14,16,24,34,38H,6-7,12-13,15,17-18H2,1-3H3,(H,32,36)(H,33,37)/t24-/m1/s1. The highest BCUT2D eigenvalue weighted by molar-refractivity contribution is 7.89. The minimum atomic E-state index is -4.34. The molecule has 234 valence electrons. The van der Waals surface area contributed by atoms with E-state index in [4.69, 9.17) is 14.2 Å². The summed E-state index contributed by atoms with van der Waals surface area (Å²) in [6.07, 6.45) is 2.39. The molecule has 0 spiro atoms. The zero-order chi connectivity index (χ0) is 31.4. The minimum Gasteiger partial charge on any atom is -0.496 e. The minimum absolute atomic E-state index is 0.0320. The summed E-state index contributed by atoms with van der Waals surface area (Å²) in [5, 5.41) is 12.1. The average molecular weight is 625 g/mol. The molecule has 3 aromatic carbocycles. The number of methoxy groups -OCH3 is 1. The Morgan fingerprint density at radius 2 is 1.77 bits per heavy atom. The van der Waals surface area contributed by atoms with Crippen LogP contribution < -0.4 is 34.6 Å². The Kier molecular flexibility index (Phi) is 9.28. The van der Waals surface area contributed by atoms with Crippen LogP contribution in [0.2, 0.25) is 0 Å². The predicted molar refractivity (Wildman–Crippen MR) is 162 cm³/mol. The van der Waals surface area contributed by atoms with E-state index in [9.17, 15) is 23.2 Å². The summed E-state index contributed by atoms with van der Waals surface area (Å²) >= 11 is 0. The van der Waals surface area contributed by atoms with E-state index < -0.39 is 34.4 Å². The lowest BCUT2D eigenvalue weighted by atomic mass is 9.97. The van der Waals surface area contributed by atoms with E-state index in [2.05, 4.69) is 14.9 Å². The van der Waals surface area contributed by atoms with Crippen molar-refractivity contribution in [2.24, 2.45) is 0 Å². The van der Waals surface area contributed by atoms with Gasteiger partial charge in [0, 0.05) is 37.3 Å². The maximum absolute atomic E-state index is 13.8. The average Bonchev–Trinajstić information content (AvgIpc) is 3.72. The predicted octanol–water partition coefficient (Wildman–Crippen LogP) is 2.81. The molecule has 0 aromatic heterocycles. The smallest absolute Gasteiger partial charge is 0.263 e. The molecule has 2 amide bonds. The van der Waals surface area contributed by atoms with E-state index in [0.29, 0.717) is 45.9 Å². The first kappa shape index (κ1) is 31.1. The van der Waals surface area contributed by atoms with E-state index in [1.807, 2.05) is 24.3 Å². The van der Waals surface area contributed by atoms with E-state index in [1.165, 1.54) is 12.6 Å². The van der Waals surface area contributed by atoms with Gasteiger partial charge in [-0.1, -0.05) is 18.2 Å². The number of sulfonamides is 1. The van der Waals surface area contributed by atoms with Gasteiger partial charge >= 0.3 is 0 Å². The molecule has 1 saturated heterocycles. The highest BCUT2D eigenvalue weighted by atomic mass is 32.2. The van der Waals surface area contributed by atoms with Crippen LogP contribution in [0.15, 0.2) is 53.4 Å². The lowest BCUT2D eigenvalue weighted by molar-refractivity contribution is -0.130. The lowest BCUT2D eigenvalue weighted by Gasteiger charge is -2.23. The quantitative estimate of drug-likeness (QED) is 0.186. The van der Waals surface area contributed by atoms with Gasteiger partial charge in [-0.3, -0.25) is 14.8 Å². The van der Waals surface area contributed by atoms with Crippen LogP contribution in [0.4, 0.5) is 5.69 Å². The Morgan fingerprint density at radius 3 is 2.50 bits per heavy atom. The number of nitrogens with one attached hydrogen (secondary N) is 3. The zero-order valence-corrected chi connectivity index (χ0v) is 25.6. The molecular weight excluding hydrogens is 588 g/mol. The zero-order valence-electron chi connectivity index (χ0n) is 24.8. The molecule has 4 N–H and O–H groups in total. The first-order valence-corrected chi connectivity index (χ1v) is 15.7. The van der Waals surface area contributed by atoms with Crippen LogP contribution in [-0.2, 0) is 21.2 Å². The maximum Gasteiger partial charge on any atom is 0.263 e. The second-order valence-electron chi connectivity index (χ2n) is 10.8. The molecule has 44 heavy (non-hydrogen) atoms. The highest BCUT2D eigenvalue weighted by Crippen LogP contribution is 2.36. The second-order valence-corrected chi connectivity index (χ2v) is 12.4. The highest BCUT2D eigenvalue weighted by Gasteiger charge is 2.31. The summed E-state index contributed by atoms with van der Waals surface area (Å²) in [5.74, 6) is 0.249. The first-order valence-electron chi connectivity index (χ1n) is 14.3. The van der Waals surface area contributed by atoms with Crippen molar-refractivity contribution in [3.8, 4) is 17.2 Å². The van der Waals surface area contributed by atoms with Crippen LogP contribution in [-0.4, -0.2) is 65.0 Å². The van der Waals surface area contributed by atoms with Crippen molar-refractivity contribution >= 4 is 27.5 Å². The fourth-order valence-electron chi connectivity index (χ4n) is 5.74. The van der Waals surface area contributed by atoms with Crippen LogP contribution in [0.1, 0.15) is 45.5 Å². The van der Waals surface area contributed by atoms with Gasteiger partial charge in [-0.2, -0.15) is 4.72 Å². The fourth-order valence-corrected chi connectivity index (χ4v) is 7.43. The van der Waals surface area contributed by atoms with E-state index in [0.717, 1.165) is 37.2 Å². The van der Waals surface area contributed by atoms with Crippen molar-refractivity contribution < 1.29 is 37.4 Å². The number of carbonyl (C=O) groups excluding carboxylic acids is 2. The molecule has 0 unspecified atom stereocenters. The third-order valence-electron chi connectivity index (χ3n) is 7.89. The van der Waals surface area contributed by atoms with Crippen LogP contribution in [0, 0.1) is 13.8 Å². The van der Waals surface area contributed by atoms with Gasteiger partial charge in [-0.25, -0.2) is 13.9 Å². The molecule has 2 heterocycles. The van der Waals surface area contributed by atoms with Crippen molar-refractivity contribution in [2.45, 2.75) is 44.0 Å². The topological polar surface area (TPSA) is 156 Å². The molecule has 0 bridgehead atoms. The Bertz CT molecular complexity index is 1670. The molecule has 3 aromatic rings. The van der Waals surface area contributed by atoms with Crippen LogP contribution in [0.3, 0.4) is 0 Å². The molecular formula is C31H36N4O8S. The van der Waals surface area contributed by atoms with E-state index in [1.54, 1.807) is 38.1 Å². The van der Waals surface area contributed by atoms with Gasteiger partial charge < -0.3 is 24.4 Å². The number of ether oxygens (including phenoxy) is 3. The van der Waals surface area contributed by atoms with Gasteiger partial charge in [0.1, 0.15) is 11.8 Å². The summed E-state index contributed by atoms with van der Waals surface area (Å²) < 4.78 is 46.5. The summed E-state index contributed by atoms with van der Waals surface area (Å²) in [7, 11) is -2.83. The van der Waals surface area contributed by atoms with Gasteiger partial charge in [-0.05, 0) is 73.7 Å². The molecule has 0 radical (unpaired) electrons. The van der Waals surface area contributed by atoms with E-state index >= 15 is 0 Å². The van der Waals surface area contributed by atoms with Crippen LogP contribution >= 0.6 is 0 Å². The van der Waals surface area contributed by atoms with Crippen molar-refractivity contribution in [2.75, 3.05) is 38.4 Å². The number of fused-ring (bicyclic) bond motifs is 1. The second kappa shape index (κ2) is 13.1. The number of nitrogens with zero attached hydrogens (tertiary/aromatic N) is 1. The molecule has 0 aliphatic carbocycles. The largest absolute Gasteiger partial charge is 0.496 e. The Morgan fingerprint density at radius 1 is 1.05 bits per heavy atom. The number of carbonyl (C=O) groups is 2. The van der Waals surface area contributed by atoms with Crippen molar-refractivity contribution in [1.82, 2.24) is 15.5 Å². The van der Waals surface area contributed by atoms with Gasteiger partial charge in [0.05, 0.1) is 17.6 Å². The van der Waals surface area contributed by atoms with Crippen LogP contribution in [0.25, 0.3) is 0 Å². The summed E-state index contributed by atoms with van der Waals surface area (Å²) in [4.78, 5) is 27.9. The van der Waals surface area contributed by atoms with Gasteiger partial charge in [0.25, 0.3) is 11.8 Å². The number of rotatable bonds is 11. The molecule has 2 aliphatic rings. The summed E-state index contributed by atoms with van der Waals surface area (Å²) in [6.45, 7) is 4.69. The number of anilines is 1. The number of para-hydroxylation sites is 1. The third-order valence-corrected chi connectivity index (χ3v) is 9.65. The van der Waals surface area contributed by atoms with Gasteiger partial charge in [0.2, 0.25) is 16.8 Å². The normalized spacial score (nSPS) is 14.8. The Labute approximate surface area is 256 Å². The molecule has 13 heteroatoms. The van der Waals surface area contributed by atoms with Crippen LogP contribution in [0.5, 0.6) is 17.2 Å². The SMILES string of the molecule is COc1cc(C)c(S(=O)(=O)N[C@H](CNC(=O)c2ccccc2N2CCCC2)C(=O)NO)c(C)c1Cc1ccc2c(c1)OCO2. The number of aryl methyl sites for hydroxylation is 1. The molecule has 1 atom stereocenters. The molecule has 0 saturated carbocycles. The number of hydrogen-bond donors (Lipinski definition) is 4. The Hall–Kier alpha value is -4.33. The lowest BCUT2D eigenvalue weighted by Crippen LogP contribution is -2.52. The van der Waals surface area contributed by atoms with Gasteiger partial charge in [0.15, 0.2) is 11.5 Å².